The van der Waals surface area contributed by atoms with E-state index in [1.54, 1.807) is 0 Å². The minimum absolute atomic E-state index is 0.209. The third kappa shape index (κ3) is 2.79. The van der Waals surface area contributed by atoms with Gasteiger partial charge in [-0.05, 0) is 25.5 Å². The van der Waals surface area contributed by atoms with Crippen LogP contribution in [0.25, 0.3) is 11.0 Å². The molecule has 92 valence electrons. The summed E-state index contributed by atoms with van der Waals surface area (Å²) in [5.74, 6) is -0.515. The van der Waals surface area contributed by atoms with Gasteiger partial charge in [0.2, 0.25) is 0 Å². The predicted molar refractivity (Wildman–Crippen MR) is 62.6 cm³/mol. The largest absolute Gasteiger partial charge is 0.342 e. The molecule has 0 aliphatic rings. The van der Waals surface area contributed by atoms with E-state index in [0.717, 1.165) is 31.7 Å². The minimum Gasteiger partial charge on any atom is -0.342 e. The molecule has 0 amide bonds. The van der Waals surface area contributed by atoms with Crippen molar-refractivity contribution in [2.75, 3.05) is 6.54 Å². The lowest BCUT2D eigenvalue weighted by molar-refractivity contribution is 0.590. The topological polar surface area (TPSA) is 54.7 Å². The number of fused-ring (bicyclic) bond motifs is 1. The highest BCUT2D eigenvalue weighted by molar-refractivity contribution is 5.75. The van der Waals surface area contributed by atoms with Crippen molar-refractivity contribution >= 4 is 11.0 Å². The van der Waals surface area contributed by atoms with Crippen LogP contribution in [0.5, 0.6) is 0 Å². The molecule has 3 N–H and O–H groups in total. The molecular formula is C12H15F2N3. The maximum Gasteiger partial charge on any atom is 0.153 e. The SMILES string of the molecule is NCCCCCc1nc2c(F)cc(F)cc2[nH]1. The zero-order valence-electron chi connectivity index (χ0n) is 9.47. The van der Waals surface area contributed by atoms with E-state index < -0.39 is 11.6 Å². The fourth-order valence-corrected chi connectivity index (χ4v) is 1.83. The van der Waals surface area contributed by atoms with Crippen LogP contribution in [-0.2, 0) is 6.42 Å². The Hall–Kier alpha value is -1.49. The average molecular weight is 239 g/mol. The number of nitrogens with one attached hydrogen (secondary N) is 1. The molecule has 5 heteroatoms. The van der Waals surface area contributed by atoms with Gasteiger partial charge in [-0.1, -0.05) is 6.42 Å². The maximum atomic E-state index is 13.4. The molecule has 0 spiro atoms. The van der Waals surface area contributed by atoms with Gasteiger partial charge in [0, 0.05) is 12.5 Å². The van der Waals surface area contributed by atoms with Crippen molar-refractivity contribution in [3.63, 3.8) is 0 Å². The number of H-pyrrole nitrogens is 1. The number of aromatic nitrogens is 2. The second kappa shape index (κ2) is 5.23. The molecule has 17 heavy (non-hydrogen) atoms. The van der Waals surface area contributed by atoms with Crippen LogP contribution in [0, 0.1) is 11.6 Å². The maximum absolute atomic E-state index is 13.4. The van der Waals surface area contributed by atoms with Gasteiger partial charge < -0.3 is 10.7 Å². The molecule has 3 nitrogen and oxygen atoms in total. The molecule has 0 radical (unpaired) electrons. The van der Waals surface area contributed by atoms with Gasteiger partial charge in [-0.25, -0.2) is 13.8 Å². The highest BCUT2D eigenvalue weighted by atomic mass is 19.1. The Kier molecular flexibility index (Phi) is 3.68. The van der Waals surface area contributed by atoms with Crippen LogP contribution in [0.15, 0.2) is 12.1 Å². The van der Waals surface area contributed by atoms with E-state index in [-0.39, 0.29) is 5.52 Å². The minimum atomic E-state index is -0.621. The molecule has 0 aliphatic heterocycles. The predicted octanol–water partition coefficient (Wildman–Crippen LogP) is 2.51. The summed E-state index contributed by atoms with van der Waals surface area (Å²) >= 11 is 0. The highest BCUT2D eigenvalue weighted by Crippen LogP contribution is 2.18. The summed E-state index contributed by atoms with van der Waals surface area (Å²) in [4.78, 5) is 7.05. The van der Waals surface area contributed by atoms with Gasteiger partial charge in [0.05, 0.1) is 5.52 Å². The van der Waals surface area contributed by atoms with Crippen LogP contribution in [0.2, 0.25) is 0 Å². The molecule has 0 aliphatic carbocycles. The number of imidazole rings is 1. The van der Waals surface area contributed by atoms with E-state index in [0.29, 0.717) is 17.9 Å². The van der Waals surface area contributed by atoms with Crippen molar-refractivity contribution in [3.8, 4) is 0 Å². The molecule has 1 heterocycles. The zero-order valence-corrected chi connectivity index (χ0v) is 9.47. The van der Waals surface area contributed by atoms with Gasteiger partial charge in [0.25, 0.3) is 0 Å². The number of unbranched alkanes of at least 4 members (excludes halogenated alkanes) is 2. The Morgan fingerprint density at radius 1 is 1.18 bits per heavy atom. The fraction of sp³-hybridized carbons (Fsp3) is 0.417. The van der Waals surface area contributed by atoms with E-state index in [1.165, 1.54) is 6.07 Å². The number of aryl methyl sites for hydroxylation is 1. The van der Waals surface area contributed by atoms with E-state index in [1.807, 2.05) is 0 Å². The molecule has 0 unspecified atom stereocenters. The number of nitrogens with zero attached hydrogens (tertiary/aromatic N) is 1. The summed E-state index contributed by atoms with van der Waals surface area (Å²) < 4.78 is 26.3. The smallest absolute Gasteiger partial charge is 0.153 e. The number of nitrogens with two attached hydrogens (primary N) is 1. The zero-order chi connectivity index (χ0) is 12.3. The molecular weight excluding hydrogens is 224 g/mol. The van der Waals surface area contributed by atoms with Crippen LogP contribution in [-0.4, -0.2) is 16.5 Å². The highest BCUT2D eigenvalue weighted by Gasteiger charge is 2.09. The van der Waals surface area contributed by atoms with Gasteiger partial charge in [-0.3, -0.25) is 0 Å². The van der Waals surface area contributed by atoms with Crippen molar-refractivity contribution in [1.29, 1.82) is 0 Å². The summed E-state index contributed by atoms with van der Waals surface area (Å²) in [6.45, 7) is 0.681. The first-order valence-electron chi connectivity index (χ1n) is 5.74. The number of benzene rings is 1. The van der Waals surface area contributed by atoms with Crippen LogP contribution in [0.4, 0.5) is 8.78 Å². The third-order valence-electron chi connectivity index (χ3n) is 2.67. The lowest BCUT2D eigenvalue weighted by Crippen LogP contribution is -1.98. The van der Waals surface area contributed by atoms with Crippen molar-refractivity contribution < 1.29 is 8.78 Å². The second-order valence-corrected chi connectivity index (χ2v) is 4.07. The Labute approximate surface area is 98.0 Å². The van der Waals surface area contributed by atoms with Gasteiger partial charge >= 0.3 is 0 Å². The number of hydrogen-bond acceptors (Lipinski definition) is 2. The Bertz CT molecular complexity index is 508. The number of halogens is 2. The van der Waals surface area contributed by atoms with Gasteiger partial charge in [-0.2, -0.15) is 0 Å². The first kappa shape index (κ1) is 12.0. The molecule has 1 aromatic heterocycles. The molecule has 2 aromatic rings. The van der Waals surface area contributed by atoms with Crippen LogP contribution >= 0.6 is 0 Å². The van der Waals surface area contributed by atoms with Crippen molar-refractivity contribution in [2.45, 2.75) is 25.7 Å². The van der Waals surface area contributed by atoms with Gasteiger partial charge in [0.15, 0.2) is 5.82 Å². The molecule has 0 bridgehead atoms. The summed E-state index contributed by atoms with van der Waals surface area (Å²) in [5, 5.41) is 0. The van der Waals surface area contributed by atoms with Gasteiger partial charge in [-0.15, -0.1) is 0 Å². The standard InChI is InChI=1S/C12H15F2N3/c13-8-6-9(14)12-10(7-8)16-11(17-12)4-2-1-3-5-15/h6-7H,1-5,15H2,(H,16,17). The third-order valence-corrected chi connectivity index (χ3v) is 2.67. The van der Waals surface area contributed by atoms with E-state index in [9.17, 15) is 8.78 Å². The lowest BCUT2D eigenvalue weighted by Gasteiger charge is -1.95. The Balaban J connectivity index is 2.12. The Morgan fingerprint density at radius 2 is 2.00 bits per heavy atom. The second-order valence-electron chi connectivity index (χ2n) is 4.07. The van der Waals surface area contributed by atoms with Gasteiger partial charge in [0.1, 0.15) is 17.2 Å². The molecule has 0 saturated heterocycles. The van der Waals surface area contributed by atoms with E-state index in [4.69, 9.17) is 5.73 Å². The first-order valence-corrected chi connectivity index (χ1v) is 5.74. The Morgan fingerprint density at radius 3 is 2.76 bits per heavy atom. The quantitative estimate of drug-likeness (QED) is 0.788. The number of hydrogen-bond donors (Lipinski definition) is 2. The molecule has 1 aromatic carbocycles. The van der Waals surface area contributed by atoms with Crippen molar-refractivity contribution in [2.24, 2.45) is 5.73 Å². The first-order chi connectivity index (χ1) is 8.20. The van der Waals surface area contributed by atoms with Crippen molar-refractivity contribution in [3.05, 3.63) is 29.6 Å². The fourth-order valence-electron chi connectivity index (χ4n) is 1.83. The number of rotatable bonds is 5. The molecule has 0 fully saturated rings. The summed E-state index contributed by atoms with van der Waals surface area (Å²) in [6.07, 6.45) is 3.67. The van der Waals surface area contributed by atoms with E-state index in [2.05, 4.69) is 9.97 Å². The van der Waals surface area contributed by atoms with Crippen LogP contribution < -0.4 is 5.73 Å². The normalized spacial score (nSPS) is 11.2. The molecule has 2 rings (SSSR count). The monoisotopic (exact) mass is 239 g/mol. The number of aromatic amines is 1. The summed E-state index contributed by atoms with van der Waals surface area (Å²) in [7, 11) is 0. The van der Waals surface area contributed by atoms with Crippen LogP contribution in [0.3, 0.4) is 0 Å². The summed E-state index contributed by atoms with van der Waals surface area (Å²) in [5.41, 5.74) is 6.01. The van der Waals surface area contributed by atoms with Crippen molar-refractivity contribution in [1.82, 2.24) is 9.97 Å². The molecule has 0 atom stereocenters. The van der Waals surface area contributed by atoms with E-state index >= 15 is 0 Å². The lowest BCUT2D eigenvalue weighted by atomic mass is 10.2. The summed E-state index contributed by atoms with van der Waals surface area (Å²) in [6, 6.07) is 2.11. The van der Waals surface area contributed by atoms with Crippen LogP contribution in [0.1, 0.15) is 25.1 Å². The molecule has 0 saturated carbocycles. The average Bonchev–Trinajstić information content (AvgIpc) is 2.67.